The molecule has 0 fully saturated rings. The Labute approximate surface area is 401 Å². The molecule has 14 atom stereocenters. The highest BCUT2D eigenvalue weighted by molar-refractivity contribution is 6.75. The van der Waals surface area contributed by atoms with Crippen molar-refractivity contribution in [1.82, 2.24) is 0 Å². The van der Waals surface area contributed by atoms with E-state index in [1.54, 1.807) is 83.1 Å². The van der Waals surface area contributed by atoms with E-state index >= 15 is 4.79 Å². The molecule has 0 aliphatic carbocycles. The van der Waals surface area contributed by atoms with Gasteiger partial charge in [-0.25, -0.2) is 0 Å². The molecule has 0 aliphatic heterocycles. The second-order valence-electron chi connectivity index (χ2n) is 16.3. The fourth-order valence-electron chi connectivity index (χ4n) is 7.61. The lowest BCUT2D eigenvalue weighted by molar-refractivity contribution is -0.256. The van der Waals surface area contributed by atoms with Crippen LogP contribution in [0.4, 0.5) is 0 Å². The molecule has 0 radical (unpaired) electrons. The zero-order valence-electron chi connectivity index (χ0n) is 44.8. The van der Waals surface area contributed by atoms with Crippen LogP contribution < -0.4 is 0 Å². The average Bonchev–Trinajstić information content (AvgIpc) is 3.25. The van der Waals surface area contributed by atoms with Gasteiger partial charge in [-0.1, -0.05) is 53.4 Å². The average molecular weight is 995 g/mol. The molecule has 0 aromatic carbocycles. The maximum absolute atomic E-state index is 17.4. The molecule has 0 saturated heterocycles. The van der Waals surface area contributed by atoms with Crippen molar-refractivity contribution in [3.8, 4) is 0 Å². The third-order valence-corrected chi connectivity index (χ3v) is 19.2. The van der Waals surface area contributed by atoms with Crippen molar-refractivity contribution in [1.29, 1.82) is 0 Å². The number of rotatable bonds is 42. The lowest BCUT2D eigenvalue weighted by Gasteiger charge is -2.54. The molecule has 19 nitrogen and oxygen atoms in total. The molecular weight excluding hydrogens is 901 g/mol. The Morgan fingerprint density at radius 1 is 0.348 bits per heavy atom. The van der Waals surface area contributed by atoms with Gasteiger partial charge in [0.2, 0.25) is 0 Å². The van der Waals surface area contributed by atoms with Crippen LogP contribution in [0, 0.1) is 0 Å². The molecule has 0 N–H and O–H groups in total. The summed E-state index contributed by atoms with van der Waals surface area (Å²) < 4.78 is 113. The first-order valence-electron chi connectivity index (χ1n) is 23.7. The first-order valence-corrected chi connectivity index (χ1v) is 27.2. The Bertz CT molecular complexity index is 1070. The van der Waals surface area contributed by atoms with Gasteiger partial charge in [0.05, 0.1) is 10.1 Å². The summed E-state index contributed by atoms with van der Waals surface area (Å²) in [5, 5.41) is -3.29. The minimum absolute atomic E-state index is 0.133. The van der Waals surface area contributed by atoms with E-state index in [0.29, 0.717) is 25.7 Å². The summed E-state index contributed by atoms with van der Waals surface area (Å²) in [6.45, 7) is 28.5. The Morgan fingerprint density at radius 3 is 0.667 bits per heavy atom. The van der Waals surface area contributed by atoms with Crippen LogP contribution in [0.1, 0.15) is 162 Å². The van der Waals surface area contributed by atoms with Gasteiger partial charge in [0.15, 0.2) is 81.3 Å². The molecule has 0 spiro atoms. The topological polar surface area (TPSA) is 183 Å². The SMILES string of the molecule is CCCCC(CC)(C(=O)C(CC)(CCCC)[Si](OC(C)OC(C)OC)(OC(C)OC(C)OC)OC(C)OC(C)OC)[Si](OC(C)OC(C)OC)(OC(C)OC(C)OC)OC(C)OC(C)OC. The van der Waals surface area contributed by atoms with E-state index < -0.39 is 103 Å². The first-order chi connectivity index (χ1) is 31.0. The molecule has 66 heavy (non-hydrogen) atoms. The summed E-state index contributed by atoms with van der Waals surface area (Å²) in [6, 6.07) is 0. The number of methoxy groups -OCH3 is 6. The predicted octanol–water partition coefficient (Wildman–Crippen LogP) is 9.34. The van der Waals surface area contributed by atoms with Gasteiger partial charge in [-0.15, -0.1) is 0 Å². The van der Waals surface area contributed by atoms with Crippen LogP contribution in [0.5, 0.6) is 0 Å². The predicted molar refractivity (Wildman–Crippen MR) is 250 cm³/mol. The summed E-state index contributed by atoms with van der Waals surface area (Å²) in [4.78, 5) is 17.4. The van der Waals surface area contributed by atoms with E-state index in [4.69, 9.17) is 83.4 Å². The maximum Gasteiger partial charge on any atom is 0.521 e. The van der Waals surface area contributed by atoms with Crippen LogP contribution in [-0.2, 0) is 88.2 Å². The summed E-state index contributed by atoms with van der Waals surface area (Å²) in [7, 11) is -0.410. The van der Waals surface area contributed by atoms with Crippen LogP contribution in [0.2, 0.25) is 10.1 Å². The molecule has 396 valence electrons. The molecule has 0 saturated carbocycles. The zero-order valence-corrected chi connectivity index (χ0v) is 46.8. The summed E-state index contributed by atoms with van der Waals surface area (Å²) in [5.41, 5.74) is 0. The third kappa shape index (κ3) is 19.9. The fourth-order valence-corrected chi connectivity index (χ4v) is 15.2. The van der Waals surface area contributed by atoms with Crippen molar-refractivity contribution in [2.75, 3.05) is 42.7 Å². The number of hydrogen-bond acceptors (Lipinski definition) is 19. The molecule has 14 unspecified atom stereocenters. The van der Waals surface area contributed by atoms with Crippen LogP contribution in [0.25, 0.3) is 0 Å². The lowest BCUT2D eigenvalue weighted by Crippen LogP contribution is -2.70. The summed E-state index contributed by atoms with van der Waals surface area (Å²) in [5.74, 6) is -0.350. The normalized spacial score (nSPS) is 21.7. The van der Waals surface area contributed by atoms with Gasteiger partial charge in [-0.05, 0) is 109 Å². The molecule has 0 aliphatic rings. The van der Waals surface area contributed by atoms with E-state index in [2.05, 4.69) is 0 Å². The van der Waals surface area contributed by atoms with Gasteiger partial charge in [-0.3, -0.25) is 4.79 Å². The van der Waals surface area contributed by atoms with Gasteiger partial charge >= 0.3 is 17.6 Å². The summed E-state index contributed by atoms with van der Waals surface area (Å²) in [6.07, 6.45) is -7.64. The highest BCUT2D eigenvalue weighted by Gasteiger charge is 2.76. The fraction of sp³-hybridized carbons (Fsp3) is 0.978. The van der Waals surface area contributed by atoms with Crippen molar-refractivity contribution >= 4 is 23.4 Å². The Hall–Kier alpha value is -0.616. The summed E-state index contributed by atoms with van der Waals surface area (Å²) >= 11 is 0. The molecule has 21 heteroatoms. The molecule has 0 rings (SSSR count). The highest BCUT2D eigenvalue weighted by Crippen LogP contribution is 2.62. The quantitative estimate of drug-likeness (QED) is 0.0416. The van der Waals surface area contributed by atoms with Gasteiger partial charge in [-0.2, -0.15) is 0 Å². The maximum atomic E-state index is 17.4. The number of ether oxygens (including phenoxy) is 12. The number of unbranched alkanes of at least 4 members (excludes halogenated alkanes) is 2. The first kappa shape index (κ1) is 65.4. The van der Waals surface area contributed by atoms with Gasteiger partial charge in [0, 0.05) is 42.7 Å². The minimum atomic E-state index is -4.75. The molecule has 0 aromatic heterocycles. The molecule has 0 bridgehead atoms. The standard InChI is InChI=1S/C45H94O19Si2/c1-23-27-29-44(25-3,65(59-37(11)53-31(5)47-17,60-38(12)54-32(6)48-18)61-39(13)55-33(7)49-19)43(46)45(26-4,30-28-24-2)66(62-40(14)56-34(8)50-20,63-41(15)57-35(9)51-21)64-42(16)58-36(10)52-22/h31-42H,23-30H2,1-22H3. The molecule has 0 aromatic rings. The van der Waals surface area contributed by atoms with Crippen LogP contribution in [-0.4, -0.2) is 142 Å². The van der Waals surface area contributed by atoms with Gasteiger partial charge < -0.3 is 83.4 Å². The monoisotopic (exact) mass is 995 g/mol. The van der Waals surface area contributed by atoms with E-state index in [1.165, 1.54) is 42.7 Å². The van der Waals surface area contributed by atoms with Gasteiger partial charge in [0.25, 0.3) is 0 Å². The Morgan fingerprint density at radius 2 is 0.530 bits per heavy atom. The lowest BCUT2D eigenvalue weighted by atomic mass is 9.81. The van der Waals surface area contributed by atoms with Crippen LogP contribution >= 0.6 is 0 Å². The number of Topliss-reactive ketones (excluding diaryl/α,β-unsaturated/α-hetero) is 1. The van der Waals surface area contributed by atoms with Crippen molar-refractivity contribution in [3.05, 3.63) is 0 Å². The van der Waals surface area contributed by atoms with E-state index in [-0.39, 0.29) is 31.5 Å². The smallest absolute Gasteiger partial charge is 0.356 e. The van der Waals surface area contributed by atoms with Crippen molar-refractivity contribution < 1.29 is 88.2 Å². The largest absolute Gasteiger partial charge is 0.521 e. The number of ketones is 1. The Kier molecular flexibility index (Phi) is 32.8. The number of hydrogen-bond donors (Lipinski definition) is 0. The molecule has 0 heterocycles. The van der Waals surface area contributed by atoms with E-state index in [1.807, 2.05) is 27.7 Å². The second kappa shape index (κ2) is 33.1. The van der Waals surface area contributed by atoms with Crippen molar-refractivity contribution in [2.24, 2.45) is 0 Å². The molecule has 0 amide bonds. The van der Waals surface area contributed by atoms with Gasteiger partial charge in [0.1, 0.15) is 0 Å². The van der Waals surface area contributed by atoms with Crippen LogP contribution in [0.3, 0.4) is 0 Å². The minimum Gasteiger partial charge on any atom is -0.356 e. The van der Waals surface area contributed by atoms with Crippen LogP contribution in [0.15, 0.2) is 0 Å². The van der Waals surface area contributed by atoms with E-state index in [9.17, 15) is 0 Å². The third-order valence-electron chi connectivity index (χ3n) is 11.4. The zero-order chi connectivity index (χ0) is 50.9. The second-order valence-corrected chi connectivity index (χ2v) is 21.8. The number of carbonyl (C=O) groups excluding carboxylic acids is 1. The number of carbonyl (C=O) groups is 1. The van der Waals surface area contributed by atoms with E-state index in [0.717, 1.165) is 0 Å². The molecular formula is C45H94O19Si2. The Balaban J connectivity index is 9.37. The van der Waals surface area contributed by atoms with Crippen molar-refractivity contribution in [3.63, 3.8) is 0 Å². The highest BCUT2D eigenvalue weighted by atomic mass is 28.4. The van der Waals surface area contributed by atoms with Crippen molar-refractivity contribution in [2.45, 2.75) is 248 Å².